The van der Waals surface area contributed by atoms with Gasteiger partial charge < -0.3 is 18.6 Å². The molecule has 0 aliphatic heterocycles. The quantitative estimate of drug-likeness (QED) is 0.284. The number of pyridine rings is 2. The zero-order chi connectivity index (χ0) is 25.6. The summed E-state index contributed by atoms with van der Waals surface area (Å²) in [5, 5.41) is 18.3. The number of nitrogens with zero attached hydrogens (tertiary/aromatic N) is 5. The van der Waals surface area contributed by atoms with E-state index in [9.17, 15) is 5.26 Å². The van der Waals surface area contributed by atoms with Gasteiger partial charge in [0.15, 0.2) is 18.1 Å². The fourth-order valence-electron chi connectivity index (χ4n) is 3.77. The van der Waals surface area contributed by atoms with Gasteiger partial charge in [0.25, 0.3) is 5.89 Å². The molecule has 0 radical (unpaired) electrons. The first-order valence-electron chi connectivity index (χ1n) is 11.3. The van der Waals surface area contributed by atoms with Gasteiger partial charge in [0.1, 0.15) is 11.6 Å². The second kappa shape index (κ2) is 10.6. The van der Waals surface area contributed by atoms with Crippen molar-refractivity contribution in [1.29, 1.82) is 5.26 Å². The number of benzene rings is 2. The molecule has 0 spiro atoms. The summed E-state index contributed by atoms with van der Waals surface area (Å²) in [7, 11) is 3.13. The first-order chi connectivity index (χ1) is 18.2. The molecule has 3 aromatic heterocycles. The molecule has 9 heteroatoms. The van der Waals surface area contributed by atoms with E-state index in [1.165, 1.54) is 0 Å². The highest BCUT2D eigenvalue weighted by atomic mass is 16.5. The number of hydrogen-bond acceptors (Lipinski definition) is 9. The van der Waals surface area contributed by atoms with Crippen molar-refractivity contribution in [3.05, 3.63) is 90.6 Å². The van der Waals surface area contributed by atoms with Crippen LogP contribution in [0.15, 0.2) is 83.5 Å². The van der Waals surface area contributed by atoms with Crippen molar-refractivity contribution in [3.63, 3.8) is 0 Å². The normalized spacial score (nSPS) is 10.5. The summed E-state index contributed by atoms with van der Waals surface area (Å²) in [5.41, 5.74) is 3.75. The molecule has 5 rings (SSSR count). The van der Waals surface area contributed by atoms with Gasteiger partial charge >= 0.3 is 0 Å². The molecular weight excluding hydrogens is 470 g/mol. The molecule has 5 aromatic rings. The standard InChI is InChI=1S/C28H21N5O4/c1-34-24-11-10-19(13-25(24)35-2)21-14-23(20-9-6-12-30-16-20)31-28(22(21)15-29)36-17-26-32-33-27(37-26)18-7-4-3-5-8-18/h3-14,16H,17H2,1-2H3. The van der Waals surface area contributed by atoms with Crippen molar-refractivity contribution < 1.29 is 18.6 Å². The molecule has 9 nitrogen and oxygen atoms in total. The van der Waals surface area contributed by atoms with Crippen molar-refractivity contribution in [3.8, 4) is 57.3 Å². The zero-order valence-electron chi connectivity index (χ0n) is 20.1. The smallest absolute Gasteiger partial charge is 0.254 e. The SMILES string of the molecule is COc1ccc(-c2cc(-c3cccnc3)nc(OCc3nnc(-c4ccccc4)o3)c2C#N)cc1OC. The summed E-state index contributed by atoms with van der Waals surface area (Å²) in [6.45, 7) is -0.0661. The van der Waals surface area contributed by atoms with Gasteiger partial charge in [-0.15, -0.1) is 10.2 Å². The Hall–Kier alpha value is -5.23. The molecule has 0 atom stereocenters. The van der Waals surface area contributed by atoms with E-state index in [0.717, 1.165) is 16.7 Å². The number of ether oxygens (including phenoxy) is 3. The van der Waals surface area contributed by atoms with Crippen LogP contribution in [0.5, 0.6) is 17.4 Å². The van der Waals surface area contributed by atoms with Crippen LogP contribution in [0.4, 0.5) is 0 Å². The maximum absolute atomic E-state index is 10.1. The van der Waals surface area contributed by atoms with Crippen LogP contribution in [0.3, 0.4) is 0 Å². The topological polar surface area (TPSA) is 116 Å². The highest BCUT2D eigenvalue weighted by Crippen LogP contribution is 2.37. The molecule has 0 fully saturated rings. The second-order valence-corrected chi connectivity index (χ2v) is 7.81. The molecule has 182 valence electrons. The fourth-order valence-corrected chi connectivity index (χ4v) is 3.77. The van der Waals surface area contributed by atoms with Crippen LogP contribution in [-0.2, 0) is 6.61 Å². The van der Waals surface area contributed by atoms with Gasteiger partial charge in [-0.3, -0.25) is 4.98 Å². The van der Waals surface area contributed by atoms with E-state index in [4.69, 9.17) is 18.6 Å². The highest BCUT2D eigenvalue weighted by molar-refractivity contribution is 5.79. The van der Waals surface area contributed by atoms with Crippen LogP contribution in [0.2, 0.25) is 0 Å². The molecule has 0 aliphatic carbocycles. The number of hydrogen-bond donors (Lipinski definition) is 0. The van der Waals surface area contributed by atoms with Crippen LogP contribution in [0.25, 0.3) is 33.8 Å². The summed E-state index contributed by atoms with van der Waals surface area (Å²) >= 11 is 0. The summed E-state index contributed by atoms with van der Waals surface area (Å²) < 4.78 is 22.6. The van der Waals surface area contributed by atoms with E-state index in [0.29, 0.717) is 28.6 Å². The molecule has 2 aromatic carbocycles. The van der Waals surface area contributed by atoms with Gasteiger partial charge in [0.2, 0.25) is 11.8 Å². The first-order valence-corrected chi connectivity index (χ1v) is 11.3. The van der Waals surface area contributed by atoms with E-state index >= 15 is 0 Å². The van der Waals surface area contributed by atoms with E-state index in [1.54, 1.807) is 38.7 Å². The molecule has 0 bridgehead atoms. The van der Waals surface area contributed by atoms with E-state index in [-0.39, 0.29) is 23.9 Å². The monoisotopic (exact) mass is 491 g/mol. The lowest BCUT2D eigenvalue weighted by atomic mass is 9.98. The molecule has 0 aliphatic rings. The number of aromatic nitrogens is 4. The Morgan fingerprint density at radius 1 is 0.865 bits per heavy atom. The molecule has 0 amide bonds. The van der Waals surface area contributed by atoms with Gasteiger partial charge in [-0.1, -0.05) is 24.3 Å². The third-order valence-corrected chi connectivity index (χ3v) is 5.57. The Bertz CT molecular complexity index is 1560. The Morgan fingerprint density at radius 3 is 2.41 bits per heavy atom. The molecular formula is C28H21N5O4. The molecule has 3 heterocycles. The molecule has 0 unspecified atom stereocenters. The summed E-state index contributed by atoms with van der Waals surface area (Å²) in [6.07, 6.45) is 3.38. The van der Waals surface area contributed by atoms with Crippen LogP contribution in [-0.4, -0.2) is 34.4 Å². The van der Waals surface area contributed by atoms with Crippen molar-refractivity contribution in [2.24, 2.45) is 0 Å². The maximum atomic E-state index is 10.1. The van der Waals surface area contributed by atoms with Gasteiger partial charge in [-0.05, 0) is 48.0 Å². The van der Waals surface area contributed by atoms with Gasteiger partial charge in [0.05, 0.1) is 19.9 Å². The summed E-state index contributed by atoms with van der Waals surface area (Å²) in [5.74, 6) is 1.87. The van der Waals surface area contributed by atoms with Crippen molar-refractivity contribution in [2.75, 3.05) is 14.2 Å². The minimum absolute atomic E-state index is 0.0661. The molecule has 37 heavy (non-hydrogen) atoms. The Morgan fingerprint density at radius 2 is 1.68 bits per heavy atom. The average molecular weight is 492 g/mol. The third kappa shape index (κ3) is 4.94. The Labute approximate surface area is 212 Å². The van der Waals surface area contributed by atoms with Gasteiger partial charge in [0, 0.05) is 29.1 Å². The van der Waals surface area contributed by atoms with Crippen LogP contribution < -0.4 is 14.2 Å². The van der Waals surface area contributed by atoms with Crippen molar-refractivity contribution in [1.82, 2.24) is 20.2 Å². The minimum Gasteiger partial charge on any atom is -0.493 e. The summed E-state index contributed by atoms with van der Waals surface area (Å²) in [4.78, 5) is 8.82. The number of rotatable bonds is 8. The Kier molecular flexibility index (Phi) is 6.72. The largest absolute Gasteiger partial charge is 0.493 e. The van der Waals surface area contributed by atoms with E-state index in [1.807, 2.05) is 54.6 Å². The lowest BCUT2D eigenvalue weighted by Gasteiger charge is -2.14. The molecule has 0 saturated heterocycles. The van der Waals surface area contributed by atoms with E-state index < -0.39 is 0 Å². The average Bonchev–Trinajstić information content (AvgIpc) is 3.45. The molecule has 0 saturated carbocycles. The minimum atomic E-state index is -0.0661. The maximum Gasteiger partial charge on any atom is 0.254 e. The molecule has 0 N–H and O–H groups in total. The van der Waals surface area contributed by atoms with E-state index in [2.05, 4.69) is 26.2 Å². The Balaban J connectivity index is 1.55. The number of nitriles is 1. The van der Waals surface area contributed by atoms with Crippen LogP contribution in [0.1, 0.15) is 11.5 Å². The predicted molar refractivity (Wildman–Crippen MR) is 135 cm³/mol. The zero-order valence-corrected chi connectivity index (χ0v) is 20.1. The van der Waals surface area contributed by atoms with Crippen molar-refractivity contribution >= 4 is 0 Å². The second-order valence-electron chi connectivity index (χ2n) is 7.81. The van der Waals surface area contributed by atoms with Gasteiger partial charge in [-0.2, -0.15) is 5.26 Å². The lowest BCUT2D eigenvalue weighted by molar-refractivity contribution is 0.254. The third-order valence-electron chi connectivity index (χ3n) is 5.57. The first kappa shape index (κ1) is 23.5. The predicted octanol–water partition coefficient (Wildman–Crippen LogP) is 5.33. The fraction of sp³-hybridized carbons (Fsp3) is 0.107. The van der Waals surface area contributed by atoms with Crippen LogP contribution >= 0.6 is 0 Å². The van der Waals surface area contributed by atoms with Crippen molar-refractivity contribution in [2.45, 2.75) is 6.61 Å². The highest BCUT2D eigenvalue weighted by Gasteiger charge is 2.19. The summed E-state index contributed by atoms with van der Waals surface area (Å²) in [6, 6.07) is 22.6. The van der Waals surface area contributed by atoms with Gasteiger partial charge in [-0.25, -0.2) is 4.98 Å². The lowest BCUT2D eigenvalue weighted by Crippen LogP contribution is -2.03. The number of methoxy groups -OCH3 is 2. The van der Waals surface area contributed by atoms with Crippen LogP contribution in [0, 0.1) is 11.3 Å².